The number of nitrogens with one attached hydrogen (secondary N) is 11. The van der Waals surface area contributed by atoms with Crippen molar-refractivity contribution >= 4 is 147 Å². The number of thioether (sulfide) groups is 1. The molecule has 0 radical (unpaired) electrons. The highest BCUT2D eigenvalue weighted by Gasteiger charge is 2.39. The van der Waals surface area contributed by atoms with Crippen molar-refractivity contribution in [2.75, 3.05) is 45.0 Å². The summed E-state index contributed by atoms with van der Waals surface area (Å²) in [7, 11) is -1.06. The van der Waals surface area contributed by atoms with E-state index >= 15 is 4.79 Å². The highest BCUT2D eigenvalue weighted by atomic mass is 127. The average Bonchev–Trinajstić information content (AvgIpc) is 1.70. The second kappa shape index (κ2) is 53.7. The van der Waals surface area contributed by atoms with Crippen LogP contribution >= 0.6 is 33.6 Å². The zero-order valence-corrected chi connectivity index (χ0v) is 70.8. The van der Waals surface area contributed by atoms with Crippen molar-refractivity contribution in [1.29, 1.82) is 0 Å². The second-order valence-electron chi connectivity index (χ2n) is 28.6. The van der Waals surface area contributed by atoms with E-state index in [1.165, 1.54) is 84.9 Å². The molecule has 1 unspecified atom stereocenters. The third-order valence-electron chi connectivity index (χ3n) is 18.9. The summed E-state index contributed by atoms with van der Waals surface area (Å²) in [5, 5.41) is 105. The summed E-state index contributed by atoms with van der Waals surface area (Å²) in [5.41, 5.74) is 1.96. The number of hydrogen-bond donors (Lipinski definition) is 19. The van der Waals surface area contributed by atoms with E-state index in [2.05, 4.69) is 58.5 Å². The van der Waals surface area contributed by atoms with Crippen LogP contribution in [0.25, 0.3) is 0 Å². The summed E-state index contributed by atoms with van der Waals surface area (Å²) in [5.74, 6) is -15.9. The zero-order valence-electron chi connectivity index (χ0n) is 66.4. The molecule has 41 heteroatoms. The van der Waals surface area contributed by atoms with Crippen LogP contribution in [0.3, 0.4) is 0 Å². The smallest absolute Gasteiger partial charge is 0.303 e. The molecule has 658 valence electrons. The molecule has 1 heterocycles. The molecule has 4 aromatic carbocycles. The van der Waals surface area contributed by atoms with Gasteiger partial charge in [-0.15, -0.1) is 33.6 Å². The fourth-order valence-corrected chi connectivity index (χ4v) is 14.8. The van der Waals surface area contributed by atoms with Crippen LogP contribution in [0.5, 0.6) is 23.0 Å². The number of rotatable bonds is 58. The maximum atomic E-state index is 15.0. The Balaban J connectivity index is 1.42. The predicted octanol–water partition coefficient (Wildman–Crippen LogP) is 0.152. The normalized spacial score (nSPS) is 14.1. The Kier molecular flexibility index (Phi) is 44.3. The molecular formula is C80H105IN12O26SSi. The summed E-state index contributed by atoms with van der Waals surface area (Å²) < 4.78 is 0. The topological polar surface area (TPSA) is 605 Å². The van der Waals surface area contributed by atoms with E-state index in [1.54, 1.807) is 12.1 Å². The van der Waals surface area contributed by atoms with Gasteiger partial charge in [0, 0.05) is 103 Å². The van der Waals surface area contributed by atoms with Gasteiger partial charge in [0.15, 0.2) is 7.02 Å². The lowest BCUT2D eigenvalue weighted by Gasteiger charge is -2.26. The molecule has 4 aromatic rings. The first-order valence-electron chi connectivity index (χ1n) is 39.3. The number of halogens is 1. The van der Waals surface area contributed by atoms with Gasteiger partial charge in [0.05, 0.1) is 36.9 Å². The number of carboxylic acid groups (broad SMARTS) is 4. The van der Waals surface area contributed by atoms with E-state index in [1.807, 2.05) is 21.8 Å². The molecule has 0 saturated carbocycles. The molecule has 38 nitrogen and oxygen atoms in total. The van der Waals surface area contributed by atoms with Gasteiger partial charge in [0.25, 0.3) is 0 Å². The van der Waals surface area contributed by atoms with Crippen molar-refractivity contribution in [2.24, 2.45) is 5.92 Å². The maximum Gasteiger partial charge on any atom is 0.303 e. The van der Waals surface area contributed by atoms with Gasteiger partial charge in [-0.25, -0.2) is 0 Å². The number of likely N-dealkylation sites (tertiary alicyclic amines) is 1. The van der Waals surface area contributed by atoms with Gasteiger partial charge in [-0.3, -0.25) is 86.4 Å². The SMILES string of the molecule is O=C(O)CCC(=O)NC[C@@H](Cc1ccc(O)cc1)C(=O)NCCCC[C@H](NC(=O)[C@H](Cc1ccc(O)cc1)NC(=O)CCC(=O)O)C(=O)NCCCC[C@H](NC(=O)[C@H](CCCCNC(=O)[C@H](Cc1ccc(O)cc1)NC(=O)CCC(=O)O)NC(=O)[C@H](Cc1ccc(O)cc1)NC(=O)CCC(=O)O)C(=O)NCCSC1CC(=O)N(CCC(=O)[SiH2]I)C1=O. The number of phenols is 4. The van der Waals surface area contributed by atoms with Crippen molar-refractivity contribution < 1.29 is 127 Å². The molecule has 1 aliphatic rings. The number of imide groups is 1. The minimum absolute atomic E-state index is 0.00512. The van der Waals surface area contributed by atoms with Crippen molar-refractivity contribution in [3.05, 3.63) is 119 Å². The van der Waals surface area contributed by atoms with Gasteiger partial charge in [0.2, 0.25) is 76.8 Å². The van der Waals surface area contributed by atoms with Crippen LogP contribution in [-0.2, 0) is 112 Å². The number of benzene rings is 4. The van der Waals surface area contributed by atoms with Crippen molar-refractivity contribution in [1.82, 2.24) is 63.4 Å². The Morgan fingerprint density at radius 1 is 0.372 bits per heavy atom. The Hall–Kier alpha value is -11.8. The summed E-state index contributed by atoms with van der Waals surface area (Å²) in [6, 6.07) is 14.3. The predicted molar refractivity (Wildman–Crippen MR) is 446 cm³/mol. The number of phenolic OH excluding ortho intramolecular Hbond substituents is 4. The first-order chi connectivity index (χ1) is 57.6. The number of aromatic hydroxyl groups is 4. The molecule has 1 aliphatic heterocycles. The minimum Gasteiger partial charge on any atom is -0.508 e. The number of carboxylic acids is 4. The average molecular weight is 1840 g/mol. The molecule has 1 fully saturated rings. The largest absolute Gasteiger partial charge is 0.508 e. The van der Waals surface area contributed by atoms with Crippen LogP contribution in [-0.4, -0.2) is 245 Å². The zero-order chi connectivity index (χ0) is 88.9. The Bertz CT molecular complexity index is 4230. The van der Waals surface area contributed by atoms with E-state index in [4.69, 9.17) is 5.11 Å². The van der Waals surface area contributed by atoms with Gasteiger partial charge in [-0.2, -0.15) is 0 Å². The van der Waals surface area contributed by atoms with E-state index < -0.39 is 200 Å². The molecule has 5 rings (SSSR count). The minimum atomic E-state index is -1.57. The fraction of sp³-hybridized carbons (Fsp3) is 0.475. The molecule has 121 heavy (non-hydrogen) atoms. The van der Waals surface area contributed by atoms with E-state index in [0.717, 1.165) is 16.7 Å². The van der Waals surface area contributed by atoms with Crippen molar-refractivity contribution in [3.8, 4) is 23.0 Å². The Morgan fingerprint density at radius 2 is 0.686 bits per heavy atom. The number of carbonyl (C=O) groups is 18. The Morgan fingerprint density at radius 3 is 1.05 bits per heavy atom. The summed E-state index contributed by atoms with van der Waals surface area (Å²) in [4.78, 5) is 237. The van der Waals surface area contributed by atoms with Gasteiger partial charge < -0.3 is 104 Å². The van der Waals surface area contributed by atoms with Gasteiger partial charge >= 0.3 is 23.9 Å². The monoisotopic (exact) mass is 1840 g/mol. The number of aliphatic carboxylic acids is 4. The lowest BCUT2D eigenvalue weighted by molar-refractivity contribution is -0.140. The number of unbranched alkanes of at least 4 members (excludes halogenated alkanes) is 3. The van der Waals surface area contributed by atoms with E-state index in [0.29, 0.717) is 22.3 Å². The van der Waals surface area contributed by atoms with Crippen molar-refractivity contribution in [3.63, 3.8) is 0 Å². The molecule has 0 spiro atoms. The molecule has 19 N–H and O–H groups in total. The standard InChI is InChI=1S/C80H105IN12O26SSi/c81-121-72(111)34-39-93-67(102)45-62(80(93)119)120-40-38-85-75(114)57(90-77(116)58(92-79(118)61(89-66(101)29-33-71(109)110)44-50-16-24-55(97)25-17-50)9-3-6-37-84-76(115)59(87-64(99)27-31-69(105)106)42-48-12-20-53(95)21-13-48)8-2-5-36-83-74(113)56(91-78(117)60(88-65(100)28-32-70(107)108)43-49-14-22-54(96)23-15-49)7-1-4-35-82-73(112)51(41-47-10-18-52(94)19-11-47)46-86-63(98)26-30-68(103)104/h10-25,51,56-62,94-97H,1-9,26-46,121H2,(H,82,112)(H,83,113)(H,84,115)(H,85,114)(H,86,98)(H,87,99)(H,88,100)(H,89,101)(H,90,116)(H,91,117)(H,92,118)(H,103,104)(H,105,106)(H,107,108)(H,109,110)/t51-,56+,57+,58+,59+,60+,61+,62?/m1/s1. The van der Waals surface area contributed by atoms with Crippen LogP contribution in [0, 0.1) is 5.92 Å². The van der Waals surface area contributed by atoms with Crippen molar-refractivity contribution in [2.45, 2.75) is 189 Å². The molecular weight excluding hydrogens is 1730 g/mol. The summed E-state index contributed by atoms with van der Waals surface area (Å²) in [6.07, 6.45) is -4.79. The first kappa shape index (κ1) is 99.8. The summed E-state index contributed by atoms with van der Waals surface area (Å²) in [6.45, 7) is -0.690. The van der Waals surface area contributed by atoms with Crippen LogP contribution in [0.15, 0.2) is 97.1 Å². The molecule has 0 aliphatic carbocycles. The van der Waals surface area contributed by atoms with Gasteiger partial charge in [-0.05, 0) is 135 Å². The quantitative estimate of drug-likeness (QED) is 0.00920. The fourth-order valence-electron chi connectivity index (χ4n) is 12.3. The number of hydrogen-bond acceptors (Lipinski definition) is 23. The second-order valence-corrected chi connectivity index (χ2v) is 33.3. The van der Waals surface area contributed by atoms with Crippen LogP contribution in [0.2, 0.25) is 0 Å². The highest BCUT2D eigenvalue weighted by molar-refractivity contribution is 14.1. The molecule has 13 amide bonds. The van der Waals surface area contributed by atoms with Crippen LogP contribution in [0.1, 0.15) is 144 Å². The first-order valence-corrected chi connectivity index (χ1v) is 46.2. The highest BCUT2D eigenvalue weighted by Crippen LogP contribution is 2.26. The van der Waals surface area contributed by atoms with Crippen LogP contribution < -0.4 is 58.5 Å². The molecule has 0 bridgehead atoms. The lowest BCUT2D eigenvalue weighted by Crippen LogP contribution is -2.57. The lowest BCUT2D eigenvalue weighted by atomic mass is 9.98. The third-order valence-corrected chi connectivity index (χ3v) is 23.3. The van der Waals surface area contributed by atoms with Gasteiger partial charge in [0.1, 0.15) is 64.7 Å². The Labute approximate surface area is 715 Å². The number of amides is 13. The molecule has 1 saturated heterocycles. The number of nitrogens with zero attached hydrogens (tertiary/aromatic N) is 1. The van der Waals surface area contributed by atoms with Crippen LogP contribution in [0.4, 0.5) is 0 Å². The molecule has 0 aromatic heterocycles. The van der Waals surface area contributed by atoms with E-state index in [-0.39, 0.29) is 176 Å². The summed E-state index contributed by atoms with van der Waals surface area (Å²) >= 11 is 3.08. The number of carbonyl (C=O) groups excluding carboxylic acids is 14. The molecule has 8 atom stereocenters. The van der Waals surface area contributed by atoms with E-state index in [9.17, 15) is 117 Å². The van der Waals surface area contributed by atoms with Gasteiger partial charge in [-0.1, -0.05) is 48.5 Å². The maximum absolute atomic E-state index is 15.0. The third kappa shape index (κ3) is 39.8.